The van der Waals surface area contributed by atoms with Gasteiger partial charge in [-0.2, -0.15) is 0 Å². The number of thioether (sulfide) groups is 1. The van der Waals surface area contributed by atoms with E-state index in [1.807, 2.05) is 18.2 Å². The first kappa shape index (κ1) is 20.6. The zero-order valence-corrected chi connectivity index (χ0v) is 18.5. The van der Waals surface area contributed by atoms with E-state index in [2.05, 4.69) is 26.7 Å². The third-order valence-corrected chi connectivity index (χ3v) is 7.21. The van der Waals surface area contributed by atoms with Crippen molar-refractivity contribution < 1.29 is 12.8 Å². The first-order chi connectivity index (χ1) is 14.4. The highest BCUT2D eigenvalue weighted by molar-refractivity contribution is 7.98. The number of aromatic amines is 1. The van der Waals surface area contributed by atoms with Gasteiger partial charge in [0.1, 0.15) is 11.5 Å². The van der Waals surface area contributed by atoms with Gasteiger partial charge in [-0.3, -0.25) is 0 Å². The van der Waals surface area contributed by atoms with Crippen molar-refractivity contribution >= 4 is 32.8 Å². The number of aromatic nitrogens is 5. The largest absolute Gasteiger partial charge is 0.410 e. The van der Waals surface area contributed by atoms with Gasteiger partial charge in [-0.15, -0.1) is 10.2 Å². The lowest BCUT2D eigenvalue weighted by Crippen LogP contribution is -2.22. The predicted molar refractivity (Wildman–Crippen MR) is 115 cm³/mol. The van der Waals surface area contributed by atoms with Crippen LogP contribution >= 0.6 is 11.8 Å². The fourth-order valence-electron chi connectivity index (χ4n) is 3.08. The number of imidazole rings is 1. The topological polar surface area (TPSA) is 110 Å². The van der Waals surface area contributed by atoms with Gasteiger partial charge in [0, 0.05) is 26.8 Å². The molecule has 3 aromatic heterocycles. The summed E-state index contributed by atoms with van der Waals surface area (Å²) in [4.78, 5) is 7.96. The highest BCUT2D eigenvalue weighted by Crippen LogP contribution is 2.28. The molecule has 0 aliphatic carbocycles. The van der Waals surface area contributed by atoms with E-state index < -0.39 is 10.0 Å². The zero-order valence-electron chi connectivity index (χ0n) is 16.9. The highest BCUT2D eigenvalue weighted by Gasteiger charge is 2.20. The Labute approximate surface area is 178 Å². The second kappa shape index (κ2) is 8.25. The van der Waals surface area contributed by atoms with Crippen molar-refractivity contribution in [1.29, 1.82) is 0 Å². The van der Waals surface area contributed by atoms with Crippen molar-refractivity contribution in [2.24, 2.45) is 0 Å². The summed E-state index contributed by atoms with van der Waals surface area (Å²) in [6.45, 7) is 2.87. The summed E-state index contributed by atoms with van der Waals surface area (Å²) in [6, 6.07) is 8.80. The first-order valence-corrected chi connectivity index (χ1v) is 11.8. The molecule has 0 atom stereocenters. The number of nitrogens with zero attached hydrogens (tertiary/aromatic N) is 5. The molecule has 0 spiro atoms. The van der Waals surface area contributed by atoms with Crippen LogP contribution in [0.5, 0.6) is 0 Å². The molecule has 0 aliphatic heterocycles. The Kier molecular flexibility index (Phi) is 5.67. The lowest BCUT2D eigenvalue weighted by Gasteiger charge is -2.11. The molecule has 11 heteroatoms. The number of H-pyrrole nitrogens is 1. The molecule has 3 heterocycles. The number of fused-ring (bicyclic) bond motifs is 1. The molecular formula is C19H22N6O3S2. The van der Waals surface area contributed by atoms with Crippen molar-refractivity contribution in [3.63, 3.8) is 0 Å². The van der Waals surface area contributed by atoms with Crippen molar-refractivity contribution in [3.05, 3.63) is 42.4 Å². The smallest absolute Gasteiger partial charge is 0.277 e. The SMILES string of the molecule is CCCn1c(CSc2nnc(-c3ccc[nH]3)o2)nc2cc(S(=O)(=O)N(C)C)ccc21. The van der Waals surface area contributed by atoms with Gasteiger partial charge < -0.3 is 14.0 Å². The van der Waals surface area contributed by atoms with Gasteiger partial charge in [0.15, 0.2) is 0 Å². The number of aryl methyl sites for hydroxylation is 1. The minimum absolute atomic E-state index is 0.229. The van der Waals surface area contributed by atoms with Crippen molar-refractivity contribution in [1.82, 2.24) is 29.0 Å². The molecule has 1 N–H and O–H groups in total. The number of hydrogen-bond acceptors (Lipinski definition) is 7. The molecule has 9 nitrogen and oxygen atoms in total. The quantitative estimate of drug-likeness (QED) is 0.413. The summed E-state index contributed by atoms with van der Waals surface area (Å²) in [5.41, 5.74) is 2.32. The van der Waals surface area contributed by atoms with Crippen LogP contribution in [0, 0.1) is 0 Å². The Hall–Kier alpha value is -2.63. The van der Waals surface area contributed by atoms with Gasteiger partial charge in [0.2, 0.25) is 10.0 Å². The summed E-state index contributed by atoms with van der Waals surface area (Å²) >= 11 is 1.40. The molecular weight excluding hydrogens is 424 g/mol. The van der Waals surface area contributed by atoms with Crippen LogP contribution in [0.3, 0.4) is 0 Å². The van der Waals surface area contributed by atoms with E-state index in [4.69, 9.17) is 9.40 Å². The summed E-state index contributed by atoms with van der Waals surface area (Å²) in [7, 11) is -0.482. The predicted octanol–water partition coefficient (Wildman–Crippen LogP) is 3.37. The molecule has 0 saturated heterocycles. The third-order valence-electron chi connectivity index (χ3n) is 4.58. The van der Waals surface area contributed by atoms with Crippen LogP contribution < -0.4 is 0 Å². The second-order valence-electron chi connectivity index (χ2n) is 6.86. The van der Waals surface area contributed by atoms with Gasteiger partial charge in [0.05, 0.1) is 21.7 Å². The molecule has 0 amide bonds. The van der Waals surface area contributed by atoms with E-state index in [9.17, 15) is 8.42 Å². The van der Waals surface area contributed by atoms with Gasteiger partial charge in [-0.1, -0.05) is 18.7 Å². The molecule has 0 radical (unpaired) electrons. The normalized spacial score (nSPS) is 12.3. The molecule has 0 fully saturated rings. The summed E-state index contributed by atoms with van der Waals surface area (Å²) in [5.74, 6) is 1.79. The van der Waals surface area contributed by atoms with Crippen molar-refractivity contribution in [2.75, 3.05) is 14.1 Å². The molecule has 4 rings (SSSR count). The maximum Gasteiger partial charge on any atom is 0.277 e. The van der Waals surface area contributed by atoms with Gasteiger partial charge in [0.25, 0.3) is 11.1 Å². The Bertz CT molecular complexity index is 1260. The Morgan fingerprint density at radius 3 is 2.77 bits per heavy atom. The standard InChI is InChI=1S/C19H22N6O3S2/c1-4-10-25-16-8-7-13(30(26,27)24(2)3)11-15(16)21-17(25)12-29-19-23-22-18(28-19)14-6-5-9-20-14/h5-9,11,20H,4,10,12H2,1-3H3. The van der Waals surface area contributed by atoms with Crippen LogP contribution in [0.4, 0.5) is 0 Å². The molecule has 1 aromatic carbocycles. The van der Waals surface area contributed by atoms with Gasteiger partial charge >= 0.3 is 0 Å². The molecule has 0 aliphatic rings. The zero-order chi connectivity index (χ0) is 21.3. The maximum absolute atomic E-state index is 12.5. The molecule has 30 heavy (non-hydrogen) atoms. The van der Waals surface area contributed by atoms with Crippen molar-refractivity contribution in [2.45, 2.75) is 35.8 Å². The Balaban J connectivity index is 1.62. The van der Waals surface area contributed by atoms with E-state index in [1.165, 1.54) is 30.2 Å². The first-order valence-electron chi connectivity index (χ1n) is 9.42. The number of nitrogens with one attached hydrogen (secondary N) is 1. The second-order valence-corrected chi connectivity index (χ2v) is 9.94. The minimum Gasteiger partial charge on any atom is -0.410 e. The summed E-state index contributed by atoms with van der Waals surface area (Å²) in [6.07, 6.45) is 2.72. The van der Waals surface area contributed by atoms with Crippen LogP contribution in [0.1, 0.15) is 19.2 Å². The Morgan fingerprint density at radius 2 is 2.07 bits per heavy atom. The molecule has 4 aromatic rings. The number of hydrogen-bond donors (Lipinski definition) is 1. The molecule has 0 saturated carbocycles. The fraction of sp³-hybridized carbons (Fsp3) is 0.316. The van der Waals surface area contributed by atoms with Crippen molar-refractivity contribution in [3.8, 4) is 11.6 Å². The lowest BCUT2D eigenvalue weighted by atomic mass is 10.3. The lowest BCUT2D eigenvalue weighted by molar-refractivity contribution is 0.464. The average Bonchev–Trinajstić information content (AvgIpc) is 3.46. The fourth-order valence-corrected chi connectivity index (χ4v) is 4.71. The monoisotopic (exact) mass is 446 g/mol. The Morgan fingerprint density at radius 1 is 1.23 bits per heavy atom. The van der Waals surface area contributed by atoms with E-state index >= 15 is 0 Å². The van der Waals surface area contributed by atoms with E-state index in [-0.39, 0.29) is 4.90 Å². The molecule has 0 bridgehead atoms. The number of sulfonamides is 1. The minimum atomic E-state index is -3.52. The van der Waals surface area contributed by atoms with Crippen LogP contribution in [0.2, 0.25) is 0 Å². The van der Waals surface area contributed by atoms with Gasteiger partial charge in [-0.05, 0) is 36.8 Å². The third kappa shape index (κ3) is 3.87. The van der Waals surface area contributed by atoms with Crippen LogP contribution in [0.25, 0.3) is 22.6 Å². The summed E-state index contributed by atoms with van der Waals surface area (Å²) < 4.78 is 33.9. The van der Waals surface area contributed by atoms with Gasteiger partial charge in [-0.25, -0.2) is 17.7 Å². The highest BCUT2D eigenvalue weighted by atomic mass is 32.2. The maximum atomic E-state index is 12.5. The summed E-state index contributed by atoms with van der Waals surface area (Å²) in [5, 5.41) is 8.60. The number of benzene rings is 1. The van der Waals surface area contributed by atoms with E-state index in [1.54, 1.807) is 18.3 Å². The van der Waals surface area contributed by atoms with E-state index in [0.29, 0.717) is 22.4 Å². The average molecular weight is 447 g/mol. The van der Waals surface area contributed by atoms with E-state index in [0.717, 1.165) is 30.0 Å². The molecule has 158 valence electrons. The van der Waals surface area contributed by atoms with Crippen LogP contribution in [0.15, 0.2) is 51.1 Å². The van der Waals surface area contributed by atoms with Crippen LogP contribution in [-0.4, -0.2) is 51.6 Å². The number of rotatable bonds is 8. The van der Waals surface area contributed by atoms with Crippen LogP contribution in [-0.2, 0) is 22.3 Å². The molecule has 0 unspecified atom stereocenters.